The van der Waals surface area contributed by atoms with Gasteiger partial charge in [0.1, 0.15) is 11.9 Å². The molecule has 0 spiro atoms. The number of nitriles is 1. The minimum atomic E-state index is -0.564. The monoisotopic (exact) mass is 402 g/mol. The van der Waals surface area contributed by atoms with Crippen molar-refractivity contribution in [2.24, 2.45) is 5.92 Å². The van der Waals surface area contributed by atoms with Gasteiger partial charge in [-0.1, -0.05) is 48.9 Å². The molecule has 2 fully saturated rings. The molecule has 3 atom stereocenters. The summed E-state index contributed by atoms with van der Waals surface area (Å²) in [6.07, 6.45) is 3.82. The highest BCUT2D eigenvalue weighted by Crippen LogP contribution is 2.42. The van der Waals surface area contributed by atoms with Gasteiger partial charge in [-0.05, 0) is 42.7 Å². The second kappa shape index (κ2) is 8.69. The van der Waals surface area contributed by atoms with Crippen LogP contribution in [0.1, 0.15) is 48.3 Å². The molecule has 2 aromatic rings. The van der Waals surface area contributed by atoms with Crippen molar-refractivity contribution in [1.82, 2.24) is 4.90 Å². The van der Waals surface area contributed by atoms with Gasteiger partial charge in [-0.2, -0.15) is 5.26 Å². The molecule has 1 aliphatic carbocycles. The fourth-order valence-corrected chi connectivity index (χ4v) is 4.58. The summed E-state index contributed by atoms with van der Waals surface area (Å²) in [5, 5.41) is 19.6. The number of likely N-dealkylation sites (tertiary alicyclic amines) is 1. The number of carbonyl (C=O) groups is 1. The predicted molar refractivity (Wildman–Crippen MR) is 111 cm³/mol. The summed E-state index contributed by atoms with van der Waals surface area (Å²) in [6, 6.07) is 15.1. The molecule has 0 radical (unpaired) electrons. The standard InChI is InChI=1S/C25H23FN2O2/c26-21-8-4-3-5-18(21)12-9-17-10-13-19(14-11-17)24-22(15-27)28(23(24)16-29)25(30)20-6-1-2-7-20/h3-5,8,10-11,13-14,20,22-24,29H,1-2,6-7,16H2/t22-,23+,24-/m1/s1. The van der Waals surface area contributed by atoms with Crippen LogP contribution < -0.4 is 0 Å². The maximum Gasteiger partial charge on any atom is 0.227 e. The molecule has 152 valence electrons. The van der Waals surface area contributed by atoms with Gasteiger partial charge in [0.15, 0.2) is 0 Å². The van der Waals surface area contributed by atoms with Gasteiger partial charge in [-0.25, -0.2) is 4.39 Å². The van der Waals surface area contributed by atoms with E-state index in [2.05, 4.69) is 17.9 Å². The Morgan fingerprint density at radius 2 is 1.80 bits per heavy atom. The van der Waals surface area contributed by atoms with Crippen LogP contribution in [0.25, 0.3) is 0 Å². The Morgan fingerprint density at radius 3 is 2.43 bits per heavy atom. The zero-order valence-corrected chi connectivity index (χ0v) is 16.6. The largest absolute Gasteiger partial charge is 0.394 e. The molecule has 1 heterocycles. The van der Waals surface area contributed by atoms with E-state index in [0.29, 0.717) is 5.56 Å². The topological polar surface area (TPSA) is 64.3 Å². The first-order valence-corrected chi connectivity index (χ1v) is 10.3. The first-order chi connectivity index (χ1) is 14.6. The quantitative estimate of drug-likeness (QED) is 0.798. The van der Waals surface area contributed by atoms with Crippen LogP contribution in [-0.2, 0) is 4.79 Å². The second-order valence-electron chi connectivity index (χ2n) is 7.93. The lowest BCUT2D eigenvalue weighted by Crippen LogP contribution is -2.66. The molecule has 1 saturated carbocycles. The molecule has 4 nitrogen and oxygen atoms in total. The molecule has 30 heavy (non-hydrogen) atoms. The van der Waals surface area contributed by atoms with E-state index in [9.17, 15) is 19.6 Å². The first kappa shape index (κ1) is 20.1. The summed E-state index contributed by atoms with van der Waals surface area (Å²) in [5.74, 6) is 5.18. The van der Waals surface area contributed by atoms with E-state index in [-0.39, 0.29) is 36.2 Å². The van der Waals surface area contributed by atoms with Gasteiger partial charge >= 0.3 is 0 Å². The lowest BCUT2D eigenvalue weighted by atomic mass is 9.75. The van der Waals surface area contributed by atoms with Crippen molar-refractivity contribution < 1.29 is 14.3 Å². The van der Waals surface area contributed by atoms with Crippen LogP contribution >= 0.6 is 0 Å². The normalized spacial score (nSPS) is 23.2. The Balaban J connectivity index is 1.52. The number of halogens is 1. The molecule has 1 saturated heterocycles. The van der Waals surface area contributed by atoms with E-state index in [1.807, 2.05) is 24.3 Å². The Morgan fingerprint density at radius 1 is 1.10 bits per heavy atom. The van der Waals surface area contributed by atoms with Gasteiger partial charge < -0.3 is 10.0 Å². The van der Waals surface area contributed by atoms with E-state index < -0.39 is 6.04 Å². The number of hydrogen-bond acceptors (Lipinski definition) is 3. The first-order valence-electron chi connectivity index (χ1n) is 10.3. The highest BCUT2D eigenvalue weighted by atomic mass is 19.1. The van der Waals surface area contributed by atoms with Crippen LogP contribution in [0.5, 0.6) is 0 Å². The summed E-state index contributed by atoms with van der Waals surface area (Å²) in [4.78, 5) is 14.4. The van der Waals surface area contributed by atoms with Gasteiger partial charge in [-0.15, -0.1) is 0 Å². The fraction of sp³-hybridized carbons (Fsp3) is 0.360. The lowest BCUT2D eigenvalue weighted by molar-refractivity contribution is -0.151. The fourth-order valence-electron chi connectivity index (χ4n) is 4.58. The van der Waals surface area contributed by atoms with Gasteiger partial charge in [0.25, 0.3) is 0 Å². The third-order valence-electron chi connectivity index (χ3n) is 6.20. The molecule has 1 aliphatic heterocycles. The van der Waals surface area contributed by atoms with Crippen LogP contribution in [0.4, 0.5) is 4.39 Å². The molecule has 2 aromatic carbocycles. The number of rotatable bonds is 3. The van der Waals surface area contributed by atoms with E-state index in [0.717, 1.165) is 36.8 Å². The molecule has 4 rings (SSSR count). The van der Waals surface area contributed by atoms with Crippen molar-refractivity contribution in [1.29, 1.82) is 5.26 Å². The van der Waals surface area contributed by atoms with E-state index in [1.54, 1.807) is 23.1 Å². The van der Waals surface area contributed by atoms with Crippen molar-refractivity contribution in [3.63, 3.8) is 0 Å². The summed E-state index contributed by atoms with van der Waals surface area (Å²) in [5.41, 5.74) is 1.97. The highest BCUT2D eigenvalue weighted by Gasteiger charge is 2.52. The van der Waals surface area contributed by atoms with Crippen LogP contribution in [0.2, 0.25) is 0 Å². The minimum absolute atomic E-state index is 0.00160. The maximum atomic E-state index is 13.7. The SMILES string of the molecule is N#C[C@@H]1[C@@H](c2ccc(C#Cc3ccccc3F)cc2)[C@H](CO)N1C(=O)C1CCCC1. The third kappa shape index (κ3) is 3.70. The molecule has 2 aliphatic rings. The van der Waals surface area contributed by atoms with Gasteiger partial charge in [0.05, 0.1) is 24.3 Å². The Labute approximate surface area is 175 Å². The molecular formula is C25H23FN2O2. The third-order valence-corrected chi connectivity index (χ3v) is 6.20. The Bertz CT molecular complexity index is 1030. The van der Waals surface area contributed by atoms with Crippen molar-refractivity contribution in [3.05, 3.63) is 71.0 Å². The van der Waals surface area contributed by atoms with Crippen molar-refractivity contribution in [2.45, 2.75) is 43.7 Å². The second-order valence-corrected chi connectivity index (χ2v) is 7.93. The number of aliphatic hydroxyl groups excluding tert-OH is 1. The molecular weight excluding hydrogens is 379 g/mol. The number of benzene rings is 2. The van der Waals surface area contributed by atoms with Crippen molar-refractivity contribution >= 4 is 5.91 Å². The van der Waals surface area contributed by atoms with E-state index in [4.69, 9.17) is 0 Å². The predicted octanol–water partition coefficient (Wildman–Crippen LogP) is 3.59. The summed E-state index contributed by atoms with van der Waals surface area (Å²) >= 11 is 0. The van der Waals surface area contributed by atoms with Crippen molar-refractivity contribution in [3.8, 4) is 17.9 Å². The van der Waals surface area contributed by atoms with Crippen LogP contribution in [-0.4, -0.2) is 34.6 Å². The molecule has 1 amide bonds. The smallest absolute Gasteiger partial charge is 0.227 e. The Hall–Kier alpha value is -3.15. The lowest BCUT2D eigenvalue weighted by Gasteiger charge is -2.52. The van der Waals surface area contributed by atoms with E-state index >= 15 is 0 Å². The molecule has 0 bridgehead atoms. The Kier molecular flexibility index (Phi) is 5.84. The van der Waals surface area contributed by atoms with E-state index in [1.165, 1.54) is 6.07 Å². The number of hydrogen-bond donors (Lipinski definition) is 1. The van der Waals surface area contributed by atoms with Gasteiger partial charge in [-0.3, -0.25) is 4.79 Å². The van der Waals surface area contributed by atoms with Gasteiger partial charge in [0, 0.05) is 17.4 Å². The van der Waals surface area contributed by atoms with Crippen LogP contribution in [0, 0.1) is 34.9 Å². The number of nitrogens with zero attached hydrogens (tertiary/aromatic N) is 2. The molecule has 5 heteroatoms. The van der Waals surface area contributed by atoms with Crippen LogP contribution in [0.3, 0.4) is 0 Å². The summed E-state index contributed by atoms with van der Waals surface area (Å²) in [6.45, 7) is -0.170. The molecule has 0 unspecified atom stereocenters. The number of aliphatic hydroxyl groups is 1. The van der Waals surface area contributed by atoms with Crippen LogP contribution in [0.15, 0.2) is 48.5 Å². The zero-order valence-electron chi connectivity index (χ0n) is 16.6. The molecule has 1 N–H and O–H groups in total. The summed E-state index contributed by atoms with van der Waals surface area (Å²) in [7, 11) is 0. The molecule has 0 aromatic heterocycles. The minimum Gasteiger partial charge on any atom is -0.394 e. The summed E-state index contributed by atoms with van der Waals surface area (Å²) < 4.78 is 13.7. The van der Waals surface area contributed by atoms with Crippen molar-refractivity contribution in [2.75, 3.05) is 6.61 Å². The maximum absolute atomic E-state index is 13.7. The number of amides is 1. The average Bonchev–Trinajstić information content (AvgIpc) is 3.29. The average molecular weight is 402 g/mol. The van der Waals surface area contributed by atoms with Gasteiger partial charge in [0.2, 0.25) is 5.91 Å². The number of carbonyl (C=O) groups excluding carboxylic acids is 1. The zero-order chi connectivity index (χ0) is 21.1. The highest BCUT2D eigenvalue weighted by molar-refractivity contribution is 5.82.